The van der Waals surface area contributed by atoms with Crippen LogP contribution in [0.15, 0.2) is 16.9 Å². The van der Waals surface area contributed by atoms with Gasteiger partial charge < -0.3 is 19.9 Å². The molecule has 1 aromatic heterocycles. The van der Waals surface area contributed by atoms with E-state index in [2.05, 4.69) is 24.1 Å². The Labute approximate surface area is 176 Å². The van der Waals surface area contributed by atoms with Crippen molar-refractivity contribution in [2.24, 2.45) is 0 Å². The molecule has 1 aliphatic rings. The summed E-state index contributed by atoms with van der Waals surface area (Å²) in [4.78, 5) is 28.0. The lowest BCUT2D eigenvalue weighted by Crippen LogP contribution is -2.37. The zero-order valence-electron chi connectivity index (χ0n) is 17.1. The molecular formula is C21H29ClFN3O3. The molecule has 3 rings (SSSR count). The van der Waals surface area contributed by atoms with E-state index in [9.17, 15) is 19.1 Å². The van der Waals surface area contributed by atoms with Gasteiger partial charge in [-0.25, -0.2) is 4.39 Å². The molecular weight excluding hydrogens is 397 g/mol. The Kier molecular flexibility index (Phi) is 7.66. The topological polar surface area (TPSA) is 74.6 Å². The minimum Gasteiger partial charge on any atom is -0.506 e. The SMILES string of the molecule is CCN(CC)CCCNC(=O)c1c(O)c2cc(F)cc3c2n(c1=O)C(C)CC3.Cl. The van der Waals surface area contributed by atoms with Gasteiger partial charge in [-0.3, -0.25) is 9.59 Å². The van der Waals surface area contributed by atoms with Crippen LogP contribution in [0.3, 0.4) is 0 Å². The van der Waals surface area contributed by atoms with Crippen molar-refractivity contribution >= 4 is 29.2 Å². The van der Waals surface area contributed by atoms with Crippen molar-refractivity contribution in [1.82, 2.24) is 14.8 Å². The number of aryl methyl sites for hydroxylation is 1. The summed E-state index contributed by atoms with van der Waals surface area (Å²) in [7, 11) is 0. The van der Waals surface area contributed by atoms with Crippen LogP contribution < -0.4 is 10.9 Å². The molecule has 1 unspecified atom stereocenters. The second-order valence-corrected chi connectivity index (χ2v) is 7.38. The van der Waals surface area contributed by atoms with Gasteiger partial charge in [0.05, 0.1) is 5.52 Å². The van der Waals surface area contributed by atoms with Crippen LogP contribution >= 0.6 is 12.4 Å². The Balaban J connectivity index is 0.00000300. The second kappa shape index (κ2) is 9.59. The number of nitrogens with zero attached hydrogens (tertiary/aromatic N) is 2. The van der Waals surface area contributed by atoms with E-state index in [-0.39, 0.29) is 29.4 Å². The monoisotopic (exact) mass is 425 g/mol. The van der Waals surface area contributed by atoms with Gasteiger partial charge in [0.1, 0.15) is 17.1 Å². The van der Waals surface area contributed by atoms with E-state index in [1.165, 1.54) is 16.7 Å². The van der Waals surface area contributed by atoms with E-state index in [1.54, 1.807) is 0 Å². The number of hydrogen-bond donors (Lipinski definition) is 2. The zero-order valence-corrected chi connectivity index (χ0v) is 17.9. The molecule has 160 valence electrons. The summed E-state index contributed by atoms with van der Waals surface area (Å²) in [5.41, 5.74) is 0.388. The molecule has 1 aliphatic heterocycles. The van der Waals surface area contributed by atoms with E-state index in [1.807, 2.05) is 6.92 Å². The smallest absolute Gasteiger partial charge is 0.267 e. The van der Waals surface area contributed by atoms with Crippen molar-refractivity contribution in [1.29, 1.82) is 0 Å². The summed E-state index contributed by atoms with van der Waals surface area (Å²) < 4.78 is 15.6. The molecule has 8 heteroatoms. The number of rotatable bonds is 7. The highest BCUT2D eigenvalue weighted by Gasteiger charge is 2.28. The molecule has 0 radical (unpaired) electrons. The minimum absolute atomic E-state index is 0. The number of halogens is 2. The van der Waals surface area contributed by atoms with Gasteiger partial charge in [-0.15, -0.1) is 12.4 Å². The molecule has 1 aromatic carbocycles. The Hall–Kier alpha value is -2.12. The third-order valence-electron chi connectivity index (χ3n) is 5.65. The molecule has 0 saturated carbocycles. The van der Waals surface area contributed by atoms with E-state index in [0.717, 1.165) is 26.1 Å². The second-order valence-electron chi connectivity index (χ2n) is 7.38. The van der Waals surface area contributed by atoms with Crippen LogP contribution in [0.2, 0.25) is 0 Å². The molecule has 0 spiro atoms. The van der Waals surface area contributed by atoms with Gasteiger partial charge in [0.25, 0.3) is 11.5 Å². The highest BCUT2D eigenvalue weighted by molar-refractivity contribution is 6.03. The number of carbonyl (C=O) groups excluding carboxylic acids is 1. The highest BCUT2D eigenvalue weighted by Crippen LogP contribution is 2.35. The lowest BCUT2D eigenvalue weighted by molar-refractivity contribution is 0.0947. The Morgan fingerprint density at radius 3 is 2.69 bits per heavy atom. The van der Waals surface area contributed by atoms with Crippen molar-refractivity contribution in [3.05, 3.63) is 39.4 Å². The van der Waals surface area contributed by atoms with E-state index < -0.39 is 23.0 Å². The van der Waals surface area contributed by atoms with Crippen LogP contribution in [-0.2, 0) is 6.42 Å². The van der Waals surface area contributed by atoms with Crippen molar-refractivity contribution in [2.45, 2.75) is 46.1 Å². The quantitative estimate of drug-likeness (QED) is 0.668. The first kappa shape index (κ1) is 23.2. The number of hydrogen-bond acceptors (Lipinski definition) is 4. The van der Waals surface area contributed by atoms with Crippen molar-refractivity contribution in [3.8, 4) is 5.75 Å². The van der Waals surface area contributed by atoms with E-state index >= 15 is 0 Å². The van der Waals surface area contributed by atoms with E-state index in [0.29, 0.717) is 30.5 Å². The summed E-state index contributed by atoms with van der Waals surface area (Å²) in [5.74, 6) is -1.54. The molecule has 6 nitrogen and oxygen atoms in total. The first-order chi connectivity index (χ1) is 13.4. The average Bonchev–Trinajstić information content (AvgIpc) is 2.67. The molecule has 2 N–H and O–H groups in total. The number of nitrogens with one attached hydrogen (secondary N) is 1. The molecule has 2 aromatic rings. The maximum atomic E-state index is 14.0. The van der Waals surface area contributed by atoms with Crippen LogP contribution in [-0.4, -0.2) is 46.7 Å². The first-order valence-electron chi connectivity index (χ1n) is 9.99. The Morgan fingerprint density at radius 2 is 2.03 bits per heavy atom. The lowest BCUT2D eigenvalue weighted by Gasteiger charge is -2.26. The number of benzene rings is 1. The van der Waals surface area contributed by atoms with Gasteiger partial charge in [-0.2, -0.15) is 0 Å². The minimum atomic E-state index is -0.615. The predicted molar refractivity (Wildman–Crippen MR) is 115 cm³/mol. The third kappa shape index (κ3) is 4.41. The number of carbonyl (C=O) groups is 1. The van der Waals surface area contributed by atoms with Crippen LogP contribution in [0.4, 0.5) is 4.39 Å². The summed E-state index contributed by atoms with van der Waals surface area (Å²) in [6.45, 7) is 9.17. The van der Waals surface area contributed by atoms with Crippen LogP contribution in [0.1, 0.15) is 55.6 Å². The van der Waals surface area contributed by atoms with Crippen LogP contribution in [0.25, 0.3) is 10.9 Å². The molecule has 1 atom stereocenters. The summed E-state index contributed by atoms with van der Waals surface area (Å²) in [5, 5.41) is 13.6. The maximum Gasteiger partial charge on any atom is 0.267 e. The van der Waals surface area contributed by atoms with Gasteiger partial charge in [0.15, 0.2) is 0 Å². The molecule has 0 bridgehead atoms. The third-order valence-corrected chi connectivity index (χ3v) is 5.65. The number of aromatic hydroxyl groups is 1. The fourth-order valence-electron chi connectivity index (χ4n) is 4.02. The average molecular weight is 426 g/mol. The molecule has 0 aliphatic carbocycles. The molecule has 1 amide bonds. The highest BCUT2D eigenvalue weighted by atomic mass is 35.5. The standard InChI is InChI=1S/C21H28FN3O3.ClH/c1-4-24(5-2)10-6-9-23-20(27)17-19(26)16-12-15(22)11-14-8-7-13(3)25(18(14)16)21(17)28;/h11-13,26H,4-10H2,1-3H3,(H,23,27);1H. The summed E-state index contributed by atoms with van der Waals surface area (Å²) in [6, 6.07) is 2.47. The zero-order chi connectivity index (χ0) is 20.4. The largest absolute Gasteiger partial charge is 0.506 e. The van der Waals surface area contributed by atoms with Crippen molar-refractivity contribution in [2.75, 3.05) is 26.2 Å². The maximum absolute atomic E-state index is 14.0. The van der Waals surface area contributed by atoms with Gasteiger partial charge in [0, 0.05) is 18.0 Å². The normalized spacial score (nSPS) is 15.4. The molecule has 2 heterocycles. The molecule has 0 fully saturated rings. The van der Waals surface area contributed by atoms with Crippen LogP contribution in [0.5, 0.6) is 5.75 Å². The predicted octanol–water partition coefficient (Wildman–Crippen LogP) is 3.24. The lowest BCUT2D eigenvalue weighted by atomic mass is 9.95. The Morgan fingerprint density at radius 1 is 1.34 bits per heavy atom. The Bertz CT molecular complexity index is 957. The number of aromatic nitrogens is 1. The summed E-state index contributed by atoms with van der Waals surface area (Å²) in [6.07, 6.45) is 2.05. The van der Waals surface area contributed by atoms with E-state index in [4.69, 9.17) is 0 Å². The van der Waals surface area contributed by atoms with Gasteiger partial charge in [-0.1, -0.05) is 13.8 Å². The van der Waals surface area contributed by atoms with Crippen molar-refractivity contribution < 1.29 is 14.3 Å². The van der Waals surface area contributed by atoms with Crippen molar-refractivity contribution in [3.63, 3.8) is 0 Å². The number of pyridine rings is 1. The van der Waals surface area contributed by atoms with Crippen LogP contribution in [0, 0.1) is 5.82 Å². The first-order valence-corrected chi connectivity index (χ1v) is 9.99. The fourth-order valence-corrected chi connectivity index (χ4v) is 4.02. The van der Waals surface area contributed by atoms with Gasteiger partial charge in [0.2, 0.25) is 0 Å². The summed E-state index contributed by atoms with van der Waals surface area (Å²) >= 11 is 0. The van der Waals surface area contributed by atoms with Gasteiger partial charge in [-0.05, 0) is 63.5 Å². The number of amides is 1. The molecule has 0 saturated heterocycles. The van der Waals surface area contributed by atoms with Gasteiger partial charge >= 0.3 is 0 Å². The fraction of sp³-hybridized carbons (Fsp3) is 0.524. The molecule has 29 heavy (non-hydrogen) atoms.